The Morgan fingerprint density at radius 3 is 2.69 bits per heavy atom. The number of hydrogen-bond acceptors (Lipinski definition) is 2. The molecule has 0 aromatic heterocycles. The van der Waals surface area contributed by atoms with E-state index in [0.29, 0.717) is 5.56 Å². The molecule has 0 fully saturated rings. The maximum Gasteiger partial charge on any atom is 0.251 e. The van der Waals surface area contributed by atoms with Crippen LogP contribution < -0.4 is 5.32 Å². The van der Waals surface area contributed by atoms with Crippen LogP contribution in [0.2, 0.25) is 0 Å². The van der Waals surface area contributed by atoms with Gasteiger partial charge in [0.05, 0.1) is 0 Å². The monoisotopic (exact) mass is 235 g/mol. The molecule has 1 N–H and O–H groups in total. The largest absolute Gasteiger partial charge is 0.352 e. The van der Waals surface area contributed by atoms with Crippen molar-refractivity contribution >= 4 is 23.7 Å². The van der Waals surface area contributed by atoms with Gasteiger partial charge in [-0.05, 0) is 36.1 Å². The Balaban J connectivity index is 2.43. The lowest BCUT2D eigenvalue weighted by Gasteiger charge is -2.04. The molecule has 86 valence electrons. The third kappa shape index (κ3) is 4.11. The van der Waals surface area contributed by atoms with Crippen molar-refractivity contribution in [2.45, 2.75) is 6.42 Å². The summed E-state index contributed by atoms with van der Waals surface area (Å²) in [4.78, 5) is 11.7. The molecule has 0 saturated carbocycles. The molecule has 0 aliphatic carbocycles. The molecule has 0 heterocycles. The fraction of sp³-hybridized carbons (Fsp3) is 0.308. The first-order valence-electron chi connectivity index (χ1n) is 5.27. The zero-order chi connectivity index (χ0) is 11.8. The summed E-state index contributed by atoms with van der Waals surface area (Å²) in [6.07, 6.45) is 4.84. The first-order valence-corrected chi connectivity index (χ1v) is 6.67. The fourth-order valence-electron chi connectivity index (χ4n) is 1.29. The molecule has 1 aromatic carbocycles. The molecule has 2 nitrogen and oxygen atoms in total. The van der Waals surface area contributed by atoms with Gasteiger partial charge in [-0.15, -0.1) is 0 Å². The molecule has 0 aliphatic rings. The number of benzene rings is 1. The molecule has 0 bridgehead atoms. The van der Waals surface area contributed by atoms with Crippen LogP contribution in [0.1, 0.15) is 22.3 Å². The molecule has 16 heavy (non-hydrogen) atoms. The van der Waals surface area contributed by atoms with Crippen LogP contribution in [-0.2, 0) is 0 Å². The standard InChI is InChI=1S/C13H17NOS/c1-3-11-5-7-12(8-6-11)13(15)14-9-4-10-16-2/h3,5-8H,1,4,9-10H2,2H3,(H,14,15). The molecule has 0 aliphatic heterocycles. The van der Waals surface area contributed by atoms with E-state index in [-0.39, 0.29) is 5.91 Å². The van der Waals surface area contributed by atoms with Crippen molar-refractivity contribution in [3.63, 3.8) is 0 Å². The van der Waals surface area contributed by atoms with Crippen molar-refractivity contribution in [2.75, 3.05) is 18.6 Å². The number of nitrogens with one attached hydrogen (secondary N) is 1. The third-order valence-electron chi connectivity index (χ3n) is 2.22. The Morgan fingerprint density at radius 2 is 2.12 bits per heavy atom. The van der Waals surface area contributed by atoms with Crippen molar-refractivity contribution in [3.8, 4) is 0 Å². The zero-order valence-electron chi connectivity index (χ0n) is 9.53. The highest BCUT2D eigenvalue weighted by Gasteiger charge is 2.03. The summed E-state index contributed by atoms with van der Waals surface area (Å²) in [5, 5.41) is 2.89. The smallest absolute Gasteiger partial charge is 0.251 e. The summed E-state index contributed by atoms with van der Waals surface area (Å²) in [6, 6.07) is 7.43. The van der Waals surface area contributed by atoms with Gasteiger partial charge in [-0.25, -0.2) is 0 Å². The predicted octanol–water partition coefficient (Wildman–Crippen LogP) is 2.81. The van der Waals surface area contributed by atoms with E-state index in [1.807, 2.05) is 24.3 Å². The minimum Gasteiger partial charge on any atom is -0.352 e. The van der Waals surface area contributed by atoms with Crippen LogP contribution in [0.25, 0.3) is 6.08 Å². The Labute approximate surface area is 101 Å². The van der Waals surface area contributed by atoms with Gasteiger partial charge in [-0.1, -0.05) is 24.8 Å². The van der Waals surface area contributed by atoms with Gasteiger partial charge >= 0.3 is 0 Å². The number of thioether (sulfide) groups is 1. The average Bonchev–Trinajstić information content (AvgIpc) is 2.34. The summed E-state index contributed by atoms with van der Waals surface area (Å²) in [5.74, 6) is 1.08. The highest BCUT2D eigenvalue weighted by molar-refractivity contribution is 7.98. The van der Waals surface area contributed by atoms with E-state index in [9.17, 15) is 4.79 Å². The third-order valence-corrected chi connectivity index (χ3v) is 2.92. The first kappa shape index (κ1) is 12.8. The first-order chi connectivity index (χ1) is 7.77. The fourth-order valence-corrected chi connectivity index (χ4v) is 1.72. The van der Waals surface area contributed by atoms with Crippen LogP contribution in [0, 0.1) is 0 Å². The maximum absolute atomic E-state index is 11.7. The molecular weight excluding hydrogens is 218 g/mol. The Kier molecular flexibility index (Phi) is 5.72. The van der Waals surface area contributed by atoms with Crippen LogP contribution in [0.5, 0.6) is 0 Å². The summed E-state index contributed by atoms with van der Waals surface area (Å²) in [5.41, 5.74) is 1.73. The Hall–Kier alpha value is -1.22. The second-order valence-electron chi connectivity index (χ2n) is 3.43. The number of amides is 1. The van der Waals surface area contributed by atoms with Crippen molar-refractivity contribution < 1.29 is 4.79 Å². The lowest BCUT2D eigenvalue weighted by Crippen LogP contribution is -2.24. The maximum atomic E-state index is 11.7. The van der Waals surface area contributed by atoms with E-state index >= 15 is 0 Å². The van der Waals surface area contributed by atoms with Gasteiger partial charge in [-0.3, -0.25) is 4.79 Å². The lowest BCUT2D eigenvalue weighted by molar-refractivity contribution is 0.0954. The molecule has 0 saturated heterocycles. The van der Waals surface area contributed by atoms with Crippen LogP contribution in [0.15, 0.2) is 30.8 Å². The highest BCUT2D eigenvalue weighted by Crippen LogP contribution is 2.05. The zero-order valence-corrected chi connectivity index (χ0v) is 10.3. The number of hydrogen-bond donors (Lipinski definition) is 1. The number of carbonyl (C=O) groups is 1. The van der Waals surface area contributed by atoms with Crippen molar-refractivity contribution in [3.05, 3.63) is 42.0 Å². The molecule has 0 unspecified atom stereocenters. The van der Waals surface area contributed by atoms with Crippen molar-refractivity contribution in [1.82, 2.24) is 5.32 Å². The van der Waals surface area contributed by atoms with Crippen LogP contribution in [0.3, 0.4) is 0 Å². The van der Waals surface area contributed by atoms with Crippen molar-refractivity contribution in [1.29, 1.82) is 0 Å². The van der Waals surface area contributed by atoms with Gasteiger partial charge in [0.15, 0.2) is 0 Å². The average molecular weight is 235 g/mol. The van der Waals surface area contributed by atoms with E-state index in [2.05, 4.69) is 18.2 Å². The van der Waals surface area contributed by atoms with Gasteiger partial charge < -0.3 is 5.32 Å². The Morgan fingerprint density at radius 1 is 1.44 bits per heavy atom. The quantitative estimate of drug-likeness (QED) is 0.768. The molecule has 0 atom stereocenters. The molecule has 3 heteroatoms. The van der Waals surface area contributed by atoms with Gasteiger partial charge in [0.1, 0.15) is 0 Å². The summed E-state index contributed by atoms with van der Waals surface area (Å²) in [6.45, 7) is 4.41. The van der Waals surface area contributed by atoms with E-state index in [1.165, 1.54) is 0 Å². The topological polar surface area (TPSA) is 29.1 Å². The Bertz CT molecular complexity index is 345. The molecule has 1 amide bonds. The minimum absolute atomic E-state index is 0.00304. The summed E-state index contributed by atoms with van der Waals surface area (Å²) in [7, 11) is 0. The van der Waals surface area contributed by atoms with Gasteiger partial charge in [0, 0.05) is 12.1 Å². The van der Waals surface area contributed by atoms with Gasteiger partial charge in [0.25, 0.3) is 5.91 Å². The summed E-state index contributed by atoms with van der Waals surface area (Å²) < 4.78 is 0. The molecule has 1 rings (SSSR count). The molecule has 0 radical (unpaired) electrons. The number of carbonyl (C=O) groups excluding carboxylic acids is 1. The van der Waals surface area contributed by atoms with E-state index in [1.54, 1.807) is 17.8 Å². The van der Waals surface area contributed by atoms with E-state index < -0.39 is 0 Å². The second-order valence-corrected chi connectivity index (χ2v) is 4.41. The second kappa shape index (κ2) is 7.12. The van der Waals surface area contributed by atoms with Crippen LogP contribution >= 0.6 is 11.8 Å². The van der Waals surface area contributed by atoms with Gasteiger partial charge in [-0.2, -0.15) is 11.8 Å². The van der Waals surface area contributed by atoms with Crippen LogP contribution in [0.4, 0.5) is 0 Å². The minimum atomic E-state index is -0.00304. The number of rotatable bonds is 6. The lowest BCUT2D eigenvalue weighted by atomic mass is 10.1. The molecule has 1 aromatic rings. The normalized spacial score (nSPS) is 9.81. The van der Waals surface area contributed by atoms with E-state index in [0.717, 1.165) is 24.3 Å². The molecule has 0 spiro atoms. The predicted molar refractivity (Wildman–Crippen MR) is 71.9 cm³/mol. The molecular formula is C13H17NOS. The highest BCUT2D eigenvalue weighted by atomic mass is 32.2. The summed E-state index contributed by atoms with van der Waals surface area (Å²) >= 11 is 1.79. The van der Waals surface area contributed by atoms with Crippen molar-refractivity contribution in [2.24, 2.45) is 0 Å². The van der Waals surface area contributed by atoms with Crippen LogP contribution in [-0.4, -0.2) is 24.5 Å². The van der Waals surface area contributed by atoms with Gasteiger partial charge in [0.2, 0.25) is 0 Å². The van der Waals surface area contributed by atoms with E-state index in [4.69, 9.17) is 0 Å². The SMILES string of the molecule is C=Cc1ccc(C(=O)NCCCSC)cc1.